The second kappa shape index (κ2) is 6.37. The summed E-state index contributed by atoms with van der Waals surface area (Å²) in [5.41, 5.74) is 3.28. The van der Waals surface area contributed by atoms with E-state index in [0.717, 1.165) is 76.3 Å². The van der Waals surface area contributed by atoms with Crippen molar-refractivity contribution < 1.29 is 9.53 Å². The lowest BCUT2D eigenvalue weighted by molar-refractivity contribution is -0.0543. The van der Waals surface area contributed by atoms with Crippen molar-refractivity contribution in [3.05, 3.63) is 29.3 Å². The van der Waals surface area contributed by atoms with Crippen molar-refractivity contribution in [2.24, 2.45) is 0 Å². The lowest BCUT2D eigenvalue weighted by atomic mass is 9.85. The molecule has 3 heterocycles. The van der Waals surface area contributed by atoms with Gasteiger partial charge in [0.25, 0.3) is 5.91 Å². The quantitative estimate of drug-likeness (QED) is 0.856. The maximum absolute atomic E-state index is 13.2. The third kappa shape index (κ3) is 2.70. The van der Waals surface area contributed by atoms with Crippen LogP contribution in [-0.2, 0) is 11.2 Å². The summed E-state index contributed by atoms with van der Waals surface area (Å²) in [6.45, 7) is 5.12. The van der Waals surface area contributed by atoms with E-state index in [1.54, 1.807) is 0 Å². The van der Waals surface area contributed by atoms with E-state index in [9.17, 15) is 4.79 Å². The van der Waals surface area contributed by atoms with E-state index in [2.05, 4.69) is 28.2 Å². The number of hydrogen-bond acceptors (Lipinski definition) is 4. The molecule has 3 aliphatic heterocycles. The summed E-state index contributed by atoms with van der Waals surface area (Å²) in [5, 5.41) is 3.45. The standard InChI is InChI=1S/C19H27N3O2/c1-21-10-11-22(14-19(21)7-12-24-13-8-19)18(23)16-6-2-4-15-5-3-9-20-17(15)16/h2,4,6,20H,3,5,7-14H2,1H3. The molecular weight excluding hydrogens is 302 g/mol. The highest BCUT2D eigenvalue weighted by Gasteiger charge is 2.42. The molecule has 5 heteroatoms. The highest BCUT2D eigenvalue weighted by atomic mass is 16.5. The molecule has 130 valence electrons. The molecule has 1 aromatic carbocycles. The number of hydrogen-bond donors (Lipinski definition) is 1. The smallest absolute Gasteiger partial charge is 0.256 e. The Morgan fingerprint density at radius 3 is 2.92 bits per heavy atom. The van der Waals surface area contributed by atoms with Crippen LogP contribution >= 0.6 is 0 Å². The van der Waals surface area contributed by atoms with Crippen molar-refractivity contribution in [2.45, 2.75) is 31.2 Å². The molecule has 1 amide bonds. The Bertz CT molecular complexity index is 625. The molecule has 0 radical (unpaired) electrons. The predicted octanol–water partition coefficient (Wildman–Crippen LogP) is 1.98. The van der Waals surface area contributed by atoms with Gasteiger partial charge in [0.2, 0.25) is 0 Å². The van der Waals surface area contributed by atoms with E-state index >= 15 is 0 Å². The first-order chi connectivity index (χ1) is 11.7. The number of fused-ring (bicyclic) bond motifs is 1. The van der Waals surface area contributed by atoms with Crippen molar-refractivity contribution in [1.82, 2.24) is 9.80 Å². The summed E-state index contributed by atoms with van der Waals surface area (Å²) in [4.78, 5) is 17.7. The van der Waals surface area contributed by atoms with E-state index in [0.29, 0.717) is 0 Å². The summed E-state index contributed by atoms with van der Waals surface area (Å²) in [5.74, 6) is 0.181. The fourth-order valence-electron chi connectivity index (χ4n) is 4.39. The van der Waals surface area contributed by atoms with Gasteiger partial charge in [0.15, 0.2) is 0 Å². The van der Waals surface area contributed by atoms with Crippen LogP contribution in [0.5, 0.6) is 0 Å². The first kappa shape index (κ1) is 15.9. The minimum atomic E-state index is 0.0917. The highest BCUT2D eigenvalue weighted by Crippen LogP contribution is 2.33. The number of rotatable bonds is 1. The van der Waals surface area contributed by atoms with E-state index in [4.69, 9.17) is 4.74 Å². The van der Waals surface area contributed by atoms with Crippen LogP contribution in [0, 0.1) is 0 Å². The van der Waals surface area contributed by atoms with E-state index in [-0.39, 0.29) is 11.4 Å². The molecule has 0 atom stereocenters. The number of nitrogens with zero attached hydrogens (tertiary/aromatic N) is 2. The van der Waals surface area contributed by atoms with Gasteiger partial charge in [-0.1, -0.05) is 12.1 Å². The van der Waals surface area contributed by atoms with Crippen LogP contribution in [0.1, 0.15) is 35.2 Å². The van der Waals surface area contributed by atoms with Gasteiger partial charge in [-0.15, -0.1) is 0 Å². The van der Waals surface area contributed by atoms with Crippen LogP contribution in [0.25, 0.3) is 0 Å². The van der Waals surface area contributed by atoms with Crippen molar-refractivity contribution in [1.29, 1.82) is 0 Å². The number of ether oxygens (including phenoxy) is 1. The lowest BCUT2D eigenvalue weighted by Crippen LogP contribution is -2.63. The van der Waals surface area contributed by atoms with E-state index in [1.165, 1.54) is 5.56 Å². The first-order valence-electron chi connectivity index (χ1n) is 9.14. The van der Waals surface area contributed by atoms with Gasteiger partial charge in [-0.2, -0.15) is 0 Å². The van der Waals surface area contributed by atoms with Crippen LogP contribution in [-0.4, -0.2) is 67.7 Å². The molecule has 2 saturated heterocycles. The number of nitrogens with one attached hydrogen (secondary N) is 1. The molecule has 0 aromatic heterocycles. The second-order valence-corrected chi connectivity index (χ2v) is 7.36. The van der Waals surface area contributed by atoms with Gasteiger partial charge in [0.1, 0.15) is 0 Å². The zero-order valence-electron chi connectivity index (χ0n) is 14.5. The number of amides is 1. The Balaban J connectivity index is 1.59. The summed E-state index contributed by atoms with van der Waals surface area (Å²) in [6, 6.07) is 6.15. The summed E-state index contributed by atoms with van der Waals surface area (Å²) in [6.07, 6.45) is 4.23. The van der Waals surface area contributed by atoms with Crippen LogP contribution in [0.15, 0.2) is 18.2 Å². The molecule has 1 spiro atoms. The summed E-state index contributed by atoms with van der Waals surface area (Å²) < 4.78 is 5.56. The number of carbonyl (C=O) groups is 1. The monoisotopic (exact) mass is 329 g/mol. The number of likely N-dealkylation sites (N-methyl/N-ethyl adjacent to an activating group) is 1. The topological polar surface area (TPSA) is 44.8 Å². The van der Waals surface area contributed by atoms with Gasteiger partial charge in [-0.05, 0) is 44.4 Å². The maximum Gasteiger partial charge on any atom is 0.256 e. The average Bonchev–Trinajstić information content (AvgIpc) is 2.64. The van der Waals surface area contributed by atoms with E-state index < -0.39 is 0 Å². The Morgan fingerprint density at radius 1 is 1.25 bits per heavy atom. The SMILES string of the molecule is CN1CCN(C(=O)c2cccc3c2NCCC3)CC12CCOCC2. The number of anilines is 1. The lowest BCUT2D eigenvalue weighted by Gasteiger charge is -2.51. The fraction of sp³-hybridized carbons (Fsp3) is 0.632. The molecule has 1 aromatic rings. The summed E-state index contributed by atoms with van der Waals surface area (Å²) >= 11 is 0. The third-order valence-corrected chi connectivity index (χ3v) is 6.02. The van der Waals surface area contributed by atoms with Crippen LogP contribution < -0.4 is 5.32 Å². The van der Waals surface area contributed by atoms with Gasteiger partial charge >= 0.3 is 0 Å². The minimum absolute atomic E-state index is 0.0917. The number of aryl methyl sites for hydroxylation is 1. The third-order valence-electron chi connectivity index (χ3n) is 6.02. The minimum Gasteiger partial charge on any atom is -0.384 e. The van der Waals surface area contributed by atoms with Gasteiger partial charge in [-0.3, -0.25) is 9.69 Å². The molecule has 2 fully saturated rings. The molecule has 0 saturated carbocycles. The Kier molecular flexibility index (Phi) is 4.22. The van der Waals surface area contributed by atoms with Crippen molar-refractivity contribution in [3.63, 3.8) is 0 Å². The Labute approximate surface area is 144 Å². The molecule has 3 aliphatic rings. The molecular formula is C19H27N3O2. The molecule has 4 rings (SSSR count). The molecule has 5 nitrogen and oxygen atoms in total. The fourth-order valence-corrected chi connectivity index (χ4v) is 4.39. The van der Waals surface area contributed by atoms with E-state index in [1.807, 2.05) is 12.1 Å². The summed E-state index contributed by atoms with van der Waals surface area (Å²) in [7, 11) is 2.19. The molecule has 0 aliphatic carbocycles. The number of piperazine rings is 1. The van der Waals surface area contributed by atoms with Crippen LogP contribution in [0.3, 0.4) is 0 Å². The zero-order valence-corrected chi connectivity index (χ0v) is 14.5. The van der Waals surface area contributed by atoms with Crippen molar-refractivity contribution in [3.8, 4) is 0 Å². The molecule has 24 heavy (non-hydrogen) atoms. The van der Waals surface area contributed by atoms with Crippen molar-refractivity contribution in [2.75, 3.05) is 51.8 Å². The van der Waals surface area contributed by atoms with Gasteiger partial charge in [0, 0.05) is 44.9 Å². The number of carbonyl (C=O) groups excluding carboxylic acids is 1. The van der Waals surface area contributed by atoms with Crippen LogP contribution in [0.2, 0.25) is 0 Å². The zero-order chi connectivity index (χ0) is 16.6. The number of benzene rings is 1. The molecule has 0 bridgehead atoms. The largest absolute Gasteiger partial charge is 0.384 e. The average molecular weight is 329 g/mol. The first-order valence-corrected chi connectivity index (χ1v) is 9.14. The second-order valence-electron chi connectivity index (χ2n) is 7.36. The molecule has 0 unspecified atom stereocenters. The Morgan fingerprint density at radius 2 is 2.08 bits per heavy atom. The van der Waals surface area contributed by atoms with Gasteiger partial charge < -0.3 is 15.0 Å². The van der Waals surface area contributed by atoms with Gasteiger partial charge in [-0.25, -0.2) is 0 Å². The number of para-hydroxylation sites is 1. The van der Waals surface area contributed by atoms with Crippen LogP contribution in [0.4, 0.5) is 5.69 Å². The van der Waals surface area contributed by atoms with Crippen molar-refractivity contribution >= 4 is 11.6 Å². The van der Waals surface area contributed by atoms with Gasteiger partial charge in [0.05, 0.1) is 11.3 Å². The molecule has 1 N–H and O–H groups in total. The highest BCUT2D eigenvalue weighted by molar-refractivity contribution is 6.00. The maximum atomic E-state index is 13.2. The Hall–Kier alpha value is -1.59. The predicted molar refractivity (Wildman–Crippen MR) is 94.6 cm³/mol. The normalized spacial score (nSPS) is 23.6.